The molecule has 0 saturated heterocycles. The van der Waals surface area contributed by atoms with Crippen LogP contribution in [0.2, 0.25) is 0 Å². The number of aromatic amines is 1. The normalized spacial score (nSPS) is 19.7. The van der Waals surface area contributed by atoms with Crippen LogP contribution in [0.25, 0.3) is 6.08 Å². The first-order valence-corrected chi connectivity index (χ1v) is 13.3. The zero-order valence-corrected chi connectivity index (χ0v) is 24.7. The Morgan fingerprint density at radius 3 is 2.27 bits per heavy atom. The van der Waals surface area contributed by atoms with Gasteiger partial charge in [0.1, 0.15) is 0 Å². The van der Waals surface area contributed by atoms with Crippen molar-refractivity contribution in [2.24, 2.45) is 11.7 Å². The lowest BCUT2D eigenvalue weighted by Gasteiger charge is -2.16. The second kappa shape index (κ2) is 13.9. The summed E-state index contributed by atoms with van der Waals surface area (Å²) in [5.41, 5.74) is 17.0. The summed E-state index contributed by atoms with van der Waals surface area (Å²) in [6, 6.07) is -0.167. The standard InChI is InChI=1S/C30H40N4O4.CH4O/c1-8-20-16(4)14-32-26(20)12-25-19(7)22(10-30(37)38)28(34-25)13-27-21(9-29(35)36)18(6)24(33-27)11-23(31)17(5)15(2)3;1-2/h8,11-12,18,24,32-34H,1,9-10,13-14,31H2,2-7H3,(H,35,36)(H,37,38);2H,1H3/b23-11-,26-12-;. The van der Waals surface area contributed by atoms with E-state index in [1.807, 2.05) is 59.8 Å². The lowest BCUT2D eigenvalue weighted by atomic mass is 9.92. The maximum Gasteiger partial charge on any atom is 0.307 e. The smallest absolute Gasteiger partial charge is 0.307 e. The Hall–Kier alpha value is -3.98. The molecular weight excluding hydrogens is 508 g/mol. The van der Waals surface area contributed by atoms with Crippen molar-refractivity contribution in [1.82, 2.24) is 15.6 Å². The fraction of sp³-hybridized carbons (Fsp3) is 0.419. The Kier molecular flexibility index (Phi) is 11.2. The van der Waals surface area contributed by atoms with E-state index in [0.717, 1.165) is 64.3 Å². The van der Waals surface area contributed by atoms with E-state index in [-0.39, 0.29) is 24.8 Å². The average molecular weight is 553 g/mol. The van der Waals surface area contributed by atoms with E-state index in [9.17, 15) is 19.8 Å². The molecule has 0 spiro atoms. The van der Waals surface area contributed by atoms with Gasteiger partial charge in [-0.05, 0) is 80.2 Å². The minimum atomic E-state index is -0.924. The fourth-order valence-corrected chi connectivity index (χ4v) is 5.09. The molecule has 40 heavy (non-hydrogen) atoms. The van der Waals surface area contributed by atoms with Crippen LogP contribution in [0, 0.1) is 12.8 Å². The van der Waals surface area contributed by atoms with Gasteiger partial charge in [-0.1, -0.05) is 25.2 Å². The monoisotopic (exact) mass is 552 g/mol. The van der Waals surface area contributed by atoms with Crippen LogP contribution < -0.4 is 16.4 Å². The van der Waals surface area contributed by atoms with Crippen LogP contribution in [-0.2, 0) is 22.4 Å². The van der Waals surface area contributed by atoms with Gasteiger partial charge < -0.3 is 36.7 Å². The molecule has 3 rings (SSSR count). The molecule has 0 radical (unpaired) electrons. The third kappa shape index (κ3) is 7.35. The van der Waals surface area contributed by atoms with E-state index in [1.165, 1.54) is 5.57 Å². The van der Waals surface area contributed by atoms with E-state index in [2.05, 4.69) is 22.2 Å². The van der Waals surface area contributed by atoms with Gasteiger partial charge in [-0.15, -0.1) is 0 Å². The molecule has 2 atom stereocenters. The van der Waals surface area contributed by atoms with E-state index < -0.39 is 11.9 Å². The largest absolute Gasteiger partial charge is 0.481 e. The van der Waals surface area contributed by atoms with Crippen molar-refractivity contribution in [3.05, 3.63) is 86.2 Å². The Bertz CT molecular complexity index is 1320. The molecule has 9 nitrogen and oxygen atoms in total. The number of nitrogens with one attached hydrogen (secondary N) is 3. The second-order valence-electron chi connectivity index (χ2n) is 10.5. The van der Waals surface area contributed by atoms with Gasteiger partial charge in [-0.25, -0.2) is 0 Å². The molecule has 9 heteroatoms. The van der Waals surface area contributed by atoms with Crippen LogP contribution >= 0.6 is 0 Å². The maximum atomic E-state index is 11.8. The van der Waals surface area contributed by atoms with Crippen molar-refractivity contribution in [2.75, 3.05) is 13.7 Å². The number of rotatable bonds is 10. The van der Waals surface area contributed by atoms with Crippen molar-refractivity contribution >= 4 is 18.0 Å². The van der Waals surface area contributed by atoms with Gasteiger partial charge in [-0.2, -0.15) is 0 Å². The van der Waals surface area contributed by atoms with Crippen LogP contribution in [0.3, 0.4) is 0 Å². The van der Waals surface area contributed by atoms with Gasteiger partial charge in [0.2, 0.25) is 0 Å². The number of hydrogen-bond acceptors (Lipinski definition) is 6. The Morgan fingerprint density at radius 1 is 1.10 bits per heavy atom. The molecule has 0 fully saturated rings. The predicted molar refractivity (Wildman–Crippen MR) is 159 cm³/mol. The van der Waals surface area contributed by atoms with Gasteiger partial charge in [0.25, 0.3) is 0 Å². The number of carboxylic acid groups (broad SMARTS) is 2. The summed E-state index contributed by atoms with van der Waals surface area (Å²) in [4.78, 5) is 27.0. The topological polar surface area (TPSA) is 161 Å². The van der Waals surface area contributed by atoms with Crippen LogP contribution in [0.4, 0.5) is 0 Å². The molecule has 0 aromatic carbocycles. The van der Waals surface area contributed by atoms with Crippen molar-refractivity contribution < 1.29 is 24.9 Å². The summed E-state index contributed by atoms with van der Waals surface area (Å²) in [6.07, 6.45) is 5.89. The number of allylic oxidation sites excluding steroid dienone is 4. The predicted octanol–water partition coefficient (Wildman–Crippen LogP) is 4.08. The number of aliphatic hydroxyl groups is 1. The second-order valence-corrected chi connectivity index (χ2v) is 10.5. The molecule has 1 aromatic heterocycles. The van der Waals surface area contributed by atoms with E-state index in [0.29, 0.717) is 17.7 Å². The van der Waals surface area contributed by atoms with Crippen molar-refractivity contribution in [1.29, 1.82) is 0 Å². The first-order chi connectivity index (χ1) is 18.8. The quantitative estimate of drug-likeness (QED) is 0.214. The molecule has 2 aliphatic heterocycles. The van der Waals surface area contributed by atoms with Crippen LogP contribution in [0.1, 0.15) is 63.6 Å². The Morgan fingerprint density at radius 2 is 1.73 bits per heavy atom. The third-order valence-corrected chi connectivity index (χ3v) is 7.68. The molecule has 218 valence electrons. The van der Waals surface area contributed by atoms with Crippen LogP contribution in [0.5, 0.6) is 0 Å². The van der Waals surface area contributed by atoms with Crippen LogP contribution in [0.15, 0.2) is 63.7 Å². The van der Waals surface area contributed by atoms with E-state index in [4.69, 9.17) is 10.8 Å². The average Bonchev–Trinajstić information content (AvgIpc) is 3.49. The lowest BCUT2D eigenvalue weighted by Crippen LogP contribution is -2.27. The maximum absolute atomic E-state index is 11.8. The van der Waals surface area contributed by atoms with Gasteiger partial charge in [-0.3, -0.25) is 9.59 Å². The number of hydrogen-bond donors (Lipinski definition) is 7. The zero-order chi connectivity index (χ0) is 30.3. The molecule has 0 bridgehead atoms. The first-order valence-electron chi connectivity index (χ1n) is 13.3. The number of nitrogens with two attached hydrogens (primary N) is 1. The highest BCUT2D eigenvalue weighted by molar-refractivity contribution is 5.74. The number of H-pyrrole nitrogens is 1. The molecule has 2 aliphatic rings. The number of aliphatic carboxylic acids is 2. The highest BCUT2D eigenvalue weighted by atomic mass is 16.4. The molecule has 8 N–H and O–H groups in total. The van der Waals surface area contributed by atoms with Gasteiger partial charge in [0.15, 0.2) is 0 Å². The molecule has 1 aromatic rings. The van der Waals surface area contributed by atoms with Crippen molar-refractivity contribution in [2.45, 2.75) is 66.8 Å². The van der Waals surface area contributed by atoms with Crippen molar-refractivity contribution in [3.63, 3.8) is 0 Å². The van der Waals surface area contributed by atoms with Gasteiger partial charge in [0.05, 0.1) is 18.9 Å². The van der Waals surface area contributed by atoms with E-state index in [1.54, 1.807) is 0 Å². The molecule has 2 unspecified atom stereocenters. The highest BCUT2D eigenvalue weighted by Gasteiger charge is 2.32. The summed E-state index contributed by atoms with van der Waals surface area (Å²) < 4.78 is 0. The molecule has 0 saturated carbocycles. The molecular formula is C31H44N4O5. The number of aliphatic hydroxyl groups excluding tert-OH is 1. The Balaban J connectivity index is 0.00000274. The van der Waals surface area contributed by atoms with E-state index >= 15 is 0 Å². The number of carbonyl (C=O) groups is 2. The number of aromatic nitrogens is 1. The van der Waals surface area contributed by atoms with Gasteiger partial charge in [0, 0.05) is 54.5 Å². The fourth-order valence-electron chi connectivity index (χ4n) is 5.09. The summed E-state index contributed by atoms with van der Waals surface area (Å²) in [7, 11) is 1.00. The molecule has 0 aliphatic carbocycles. The summed E-state index contributed by atoms with van der Waals surface area (Å²) >= 11 is 0. The minimum absolute atomic E-state index is 0.0869. The first kappa shape index (κ1) is 32.2. The third-order valence-electron chi connectivity index (χ3n) is 7.68. The summed E-state index contributed by atoms with van der Waals surface area (Å²) in [6.45, 7) is 16.6. The zero-order valence-electron chi connectivity index (χ0n) is 24.7. The lowest BCUT2D eigenvalue weighted by molar-refractivity contribution is -0.137. The molecule has 3 heterocycles. The molecule has 0 amide bonds. The number of carboxylic acids is 2. The summed E-state index contributed by atoms with van der Waals surface area (Å²) in [5, 5.41) is 33.1. The Labute approximate surface area is 236 Å². The van der Waals surface area contributed by atoms with Crippen molar-refractivity contribution in [3.8, 4) is 0 Å². The minimum Gasteiger partial charge on any atom is -0.481 e. The SMILES string of the molecule is C=CC1=C(C)CN/C1=C\c1[nH]c(CC2=C(CC(=O)O)C(C)C(/C=C(\N)C(C)=C(C)C)N2)c(CC(=O)O)c1C.CO. The highest BCUT2D eigenvalue weighted by Crippen LogP contribution is 2.34. The summed E-state index contributed by atoms with van der Waals surface area (Å²) in [5.74, 6) is -1.92. The van der Waals surface area contributed by atoms with Crippen LogP contribution in [-0.4, -0.2) is 51.9 Å². The van der Waals surface area contributed by atoms with Gasteiger partial charge >= 0.3 is 11.9 Å².